The van der Waals surface area contributed by atoms with Crippen molar-refractivity contribution in [3.05, 3.63) is 35.0 Å². The number of aryl methyl sites for hydroxylation is 2. The largest absolute Gasteiger partial charge is 0.361 e. The van der Waals surface area contributed by atoms with E-state index in [2.05, 4.69) is 20.5 Å². The number of nitrogens with one attached hydrogen (secondary N) is 1. The molecule has 3 heterocycles. The fourth-order valence-corrected chi connectivity index (χ4v) is 3.74. The fraction of sp³-hybridized carbons (Fsp3) is 0.611. The van der Waals surface area contributed by atoms with E-state index in [0.717, 1.165) is 55.2 Å². The number of hydrogen-bond acceptors (Lipinski definition) is 5. The number of rotatable bonds is 5. The average Bonchev–Trinajstić information content (AvgIpc) is 3.13. The van der Waals surface area contributed by atoms with Crippen molar-refractivity contribution in [3.8, 4) is 0 Å². The van der Waals surface area contributed by atoms with Crippen LogP contribution >= 0.6 is 0 Å². The van der Waals surface area contributed by atoms with E-state index in [0.29, 0.717) is 12.5 Å². The van der Waals surface area contributed by atoms with Crippen molar-refractivity contribution in [1.29, 1.82) is 0 Å². The molecule has 1 saturated carbocycles. The van der Waals surface area contributed by atoms with Gasteiger partial charge >= 0.3 is 0 Å². The van der Waals surface area contributed by atoms with E-state index in [1.54, 1.807) is 0 Å². The number of carbonyl (C=O) groups excluding carboxylic acids is 1. The van der Waals surface area contributed by atoms with Crippen molar-refractivity contribution < 1.29 is 9.32 Å². The Kier molecular flexibility index (Phi) is 4.33. The molecule has 2 aromatic heterocycles. The number of hydrogen-bond donors (Lipinski definition) is 1. The summed E-state index contributed by atoms with van der Waals surface area (Å²) in [6, 6.07) is 2.49. The first-order valence-corrected chi connectivity index (χ1v) is 9.06. The summed E-state index contributed by atoms with van der Waals surface area (Å²) in [6.07, 6.45) is 5.75. The Morgan fingerprint density at radius 1 is 1.40 bits per heavy atom. The van der Waals surface area contributed by atoms with Crippen molar-refractivity contribution in [2.45, 2.75) is 64.7 Å². The monoisotopic (exact) mass is 343 g/mol. The van der Waals surface area contributed by atoms with Crippen LogP contribution in [0.2, 0.25) is 0 Å². The van der Waals surface area contributed by atoms with Gasteiger partial charge in [-0.25, -0.2) is 0 Å². The van der Waals surface area contributed by atoms with Gasteiger partial charge < -0.3 is 9.84 Å². The maximum absolute atomic E-state index is 12.4. The summed E-state index contributed by atoms with van der Waals surface area (Å²) in [4.78, 5) is 14.7. The SMILES string of the molecule is Cc1noc(C)c1CN1Cc2ccnn2[C@@H](CC(=O)NC2CCC2)C1. The summed E-state index contributed by atoms with van der Waals surface area (Å²) in [5.74, 6) is 1.01. The first-order valence-electron chi connectivity index (χ1n) is 9.06. The van der Waals surface area contributed by atoms with E-state index in [4.69, 9.17) is 4.52 Å². The molecule has 2 aliphatic rings. The summed E-state index contributed by atoms with van der Waals surface area (Å²) in [5, 5.41) is 11.6. The zero-order valence-electron chi connectivity index (χ0n) is 14.9. The predicted molar refractivity (Wildman–Crippen MR) is 91.8 cm³/mol. The average molecular weight is 343 g/mol. The number of carbonyl (C=O) groups is 1. The molecular formula is C18H25N5O2. The number of nitrogens with zero attached hydrogens (tertiary/aromatic N) is 4. The van der Waals surface area contributed by atoms with Crippen molar-refractivity contribution in [2.75, 3.05) is 6.54 Å². The lowest BCUT2D eigenvalue weighted by Gasteiger charge is -2.34. The third-order valence-electron chi connectivity index (χ3n) is 5.41. The van der Waals surface area contributed by atoms with E-state index in [9.17, 15) is 4.79 Å². The third-order valence-corrected chi connectivity index (χ3v) is 5.41. The van der Waals surface area contributed by atoms with Gasteiger partial charge in [0.1, 0.15) is 5.76 Å². The van der Waals surface area contributed by atoms with Crippen molar-refractivity contribution in [2.24, 2.45) is 0 Å². The van der Waals surface area contributed by atoms with Crippen LogP contribution in [0, 0.1) is 13.8 Å². The maximum Gasteiger partial charge on any atom is 0.222 e. The molecular weight excluding hydrogens is 318 g/mol. The lowest BCUT2D eigenvalue weighted by Crippen LogP contribution is -2.43. The molecule has 2 aromatic rings. The Labute approximate surface area is 147 Å². The molecule has 0 saturated heterocycles. The predicted octanol–water partition coefficient (Wildman–Crippen LogP) is 2.10. The minimum atomic E-state index is 0.0688. The van der Waals surface area contributed by atoms with Crippen LogP contribution in [0.1, 0.15) is 54.4 Å². The summed E-state index contributed by atoms with van der Waals surface area (Å²) in [5.41, 5.74) is 3.24. The Morgan fingerprint density at radius 2 is 2.24 bits per heavy atom. The van der Waals surface area contributed by atoms with Crippen molar-refractivity contribution in [3.63, 3.8) is 0 Å². The molecule has 1 amide bonds. The van der Waals surface area contributed by atoms with E-state index < -0.39 is 0 Å². The van der Waals surface area contributed by atoms with Gasteiger partial charge in [-0.05, 0) is 39.2 Å². The second-order valence-corrected chi connectivity index (χ2v) is 7.29. The quantitative estimate of drug-likeness (QED) is 0.900. The first-order chi connectivity index (χ1) is 12.1. The number of amides is 1. The molecule has 0 bridgehead atoms. The first kappa shape index (κ1) is 16.3. The highest BCUT2D eigenvalue weighted by Gasteiger charge is 2.29. The van der Waals surface area contributed by atoms with Crippen LogP contribution in [0.15, 0.2) is 16.8 Å². The molecule has 0 unspecified atom stereocenters. The molecule has 134 valence electrons. The van der Waals surface area contributed by atoms with Crippen LogP contribution in [-0.4, -0.2) is 38.3 Å². The maximum atomic E-state index is 12.4. The molecule has 1 aliphatic heterocycles. The van der Waals surface area contributed by atoms with Crippen LogP contribution in [-0.2, 0) is 17.9 Å². The van der Waals surface area contributed by atoms with E-state index in [1.165, 1.54) is 6.42 Å². The van der Waals surface area contributed by atoms with Gasteiger partial charge in [-0.3, -0.25) is 14.4 Å². The van der Waals surface area contributed by atoms with Crippen LogP contribution in [0.4, 0.5) is 0 Å². The Morgan fingerprint density at radius 3 is 2.92 bits per heavy atom. The molecule has 7 nitrogen and oxygen atoms in total. The highest BCUT2D eigenvalue weighted by molar-refractivity contribution is 5.76. The van der Waals surface area contributed by atoms with E-state index in [-0.39, 0.29) is 11.9 Å². The van der Waals surface area contributed by atoms with Gasteiger partial charge in [0.2, 0.25) is 5.91 Å². The Bertz CT molecular complexity index is 742. The van der Waals surface area contributed by atoms with Crippen molar-refractivity contribution in [1.82, 2.24) is 25.2 Å². The number of aromatic nitrogens is 3. The van der Waals surface area contributed by atoms with Crippen LogP contribution in [0.3, 0.4) is 0 Å². The summed E-state index contributed by atoms with van der Waals surface area (Å²) in [6.45, 7) is 6.34. The van der Waals surface area contributed by atoms with Gasteiger partial charge in [-0.15, -0.1) is 0 Å². The number of fused-ring (bicyclic) bond motifs is 1. The molecule has 1 aliphatic carbocycles. The molecule has 25 heavy (non-hydrogen) atoms. The van der Waals surface area contributed by atoms with Gasteiger partial charge in [-0.2, -0.15) is 5.10 Å². The van der Waals surface area contributed by atoms with E-state index in [1.807, 2.05) is 30.8 Å². The molecule has 0 spiro atoms. The van der Waals surface area contributed by atoms with Gasteiger partial charge in [0.05, 0.1) is 23.9 Å². The normalized spacial score (nSPS) is 21.0. The highest BCUT2D eigenvalue weighted by atomic mass is 16.5. The van der Waals surface area contributed by atoms with Crippen molar-refractivity contribution >= 4 is 5.91 Å². The molecule has 0 radical (unpaired) electrons. The molecule has 1 atom stereocenters. The lowest BCUT2D eigenvalue weighted by atomic mass is 9.93. The molecule has 4 rings (SSSR count). The second-order valence-electron chi connectivity index (χ2n) is 7.29. The Balaban J connectivity index is 1.46. The minimum absolute atomic E-state index is 0.0688. The lowest BCUT2D eigenvalue weighted by molar-refractivity contribution is -0.123. The third kappa shape index (κ3) is 3.33. The fourth-order valence-electron chi connectivity index (χ4n) is 3.74. The zero-order valence-corrected chi connectivity index (χ0v) is 14.9. The van der Waals surface area contributed by atoms with Gasteiger partial charge in [-0.1, -0.05) is 5.16 Å². The Hall–Kier alpha value is -2.15. The molecule has 1 N–H and O–H groups in total. The summed E-state index contributed by atoms with van der Waals surface area (Å²) in [7, 11) is 0. The second kappa shape index (κ2) is 6.63. The molecule has 7 heteroatoms. The molecule has 1 fully saturated rings. The van der Waals surface area contributed by atoms with Crippen LogP contribution in [0.25, 0.3) is 0 Å². The zero-order chi connectivity index (χ0) is 17.4. The van der Waals surface area contributed by atoms with Gasteiger partial charge in [0.25, 0.3) is 0 Å². The standard InChI is InChI=1S/C18H25N5O2/c1-12-17(13(2)25-21-12)11-22-9-15-6-7-19-23(15)16(10-22)8-18(24)20-14-4-3-5-14/h6-7,14,16H,3-5,8-11H2,1-2H3,(H,20,24)/t16-/m0/s1. The summed E-state index contributed by atoms with van der Waals surface area (Å²) >= 11 is 0. The smallest absolute Gasteiger partial charge is 0.222 e. The van der Waals surface area contributed by atoms with Crippen LogP contribution < -0.4 is 5.32 Å². The van der Waals surface area contributed by atoms with Gasteiger partial charge in [0, 0.05) is 37.4 Å². The van der Waals surface area contributed by atoms with Gasteiger partial charge in [0.15, 0.2) is 0 Å². The topological polar surface area (TPSA) is 76.2 Å². The van der Waals surface area contributed by atoms with E-state index >= 15 is 0 Å². The minimum Gasteiger partial charge on any atom is -0.361 e. The van der Waals surface area contributed by atoms with Crippen LogP contribution in [0.5, 0.6) is 0 Å². The molecule has 0 aromatic carbocycles. The highest BCUT2D eigenvalue weighted by Crippen LogP contribution is 2.26. The summed E-state index contributed by atoms with van der Waals surface area (Å²) < 4.78 is 7.30.